The molecule has 1 atom stereocenters. The highest BCUT2D eigenvalue weighted by Crippen LogP contribution is 2.20. The van der Waals surface area contributed by atoms with Gasteiger partial charge in [0.15, 0.2) is 0 Å². The number of amides is 1. The van der Waals surface area contributed by atoms with Crippen molar-refractivity contribution >= 4 is 5.91 Å². The minimum atomic E-state index is -0.220. The number of nitrogens with zero attached hydrogens (tertiary/aromatic N) is 2. The van der Waals surface area contributed by atoms with E-state index in [0.29, 0.717) is 0 Å². The van der Waals surface area contributed by atoms with Gasteiger partial charge in [0, 0.05) is 13.1 Å². The fourth-order valence-corrected chi connectivity index (χ4v) is 3.51. The number of piperidine rings is 1. The van der Waals surface area contributed by atoms with E-state index in [2.05, 4.69) is 22.0 Å². The van der Waals surface area contributed by atoms with E-state index in [1.165, 1.54) is 45.3 Å². The Kier molecular flexibility index (Phi) is 6.93. The Morgan fingerprint density at radius 3 is 2.43 bits per heavy atom. The number of hydrogen-bond donors (Lipinski definition) is 2. The number of primary amides is 1. The van der Waals surface area contributed by atoms with Gasteiger partial charge in [-0.25, -0.2) is 0 Å². The molecule has 2 aliphatic rings. The third kappa shape index (κ3) is 5.57. The average Bonchev–Trinajstić information content (AvgIpc) is 2.98. The summed E-state index contributed by atoms with van der Waals surface area (Å²) < 4.78 is 0. The van der Waals surface area contributed by atoms with Gasteiger partial charge in [-0.1, -0.05) is 6.92 Å². The molecule has 0 aromatic rings. The molecule has 2 aliphatic heterocycles. The lowest BCUT2D eigenvalue weighted by atomic mass is 9.96. The highest BCUT2D eigenvalue weighted by molar-refractivity contribution is 5.80. The third-order valence-electron chi connectivity index (χ3n) is 4.85. The van der Waals surface area contributed by atoms with Crippen LogP contribution in [0.1, 0.15) is 39.0 Å². The van der Waals surface area contributed by atoms with Crippen LogP contribution < -0.4 is 11.1 Å². The van der Waals surface area contributed by atoms with Crippen LogP contribution in [0.5, 0.6) is 0 Å². The Morgan fingerprint density at radius 1 is 1.19 bits per heavy atom. The lowest BCUT2D eigenvalue weighted by molar-refractivity contribution is -0.120. The maximum atomic E-state index is 11.5. The van der Waals surface area contributed by atoms with Gasteiger partial charge in [0.05, 0.1) is 6.04 Å². The molecule has 3 N–H and O–H groups in total. The second kappa shape index (κ2) is 8.71. The second-order valence-corrected chi connectivity index (χ2v) is 6.66. The Hall–Kier alpha value is -0.650. The monoisotopic (exact) mass is 296 g/mol. The fourth-order valence-electron chi connectivity index (χ4n) is 3.51. The lowest BCUT2D eigenvalue weighted by Crippen LogP contribution is -2.51. The van der Waals surface area contributed by atoms with E-state index in [0.717, 1.165) is 38.5 Å². The van der Waals surface area contributed by atoms with E-state index < -0.39 is 0 Å². The summed E-state index contributed by atoms with van der Waals surface area (Å²) in [7, 11) is 0. The van der Waals surface area contributed by atoms with Crippen molar-refractivity contribution < 1.29 is 4.79 Å². The van der Waals surface area contributed by atoms with Gasteiger partial charge in [-0.3, -0.25) is 4.79 Å². The summed E-state index contributed by atoms with van der Waals surface area (Å²) >= 11 is 0. The molecule has 0 aromatic carbocycles. The van der Waals surface area contributed by atoms with Crippen LogP contribution in [-0.2, 0) is 4.79 Å². The highest BCUT2D eigenvalue weighted by Gasteiger charge is 2.25. The highest BCUT2D eigenvalue weighted by atomic mass is 16.1. The van der Waals surface area contributed by atoms with Gasteiger partial charge in [-0.05, 0) is 70.7 Å². The maximum Gasteiger partial charge on any atom is 0.235 e. The third-order valence-corrected chi connectivity index (χ3v) is 4.85. The summed E-state index contributed by atoms with van der Waals surface area (Å²) in [5, 5.41) is 3.26. The van der Waals surface area contributed by atoms with E-state index >= 15 is 0 Å². The first-order valence-electron chi connectivity index (χ1n) is 8.66. The van der Waals surface area contributed by atoms with Crippen LogP contribution >= 0.6 is 0 Å². The van der Waals surface area contributed by atoms with Crippen LogP contribution in [0.25, 0.3) is 0 Å². The van der Waals surface area contributed by atoms with Gasteiger partial charge in [0.1, 0.15) is 0 Å². The molecule has 0 aromatic heterocycles. The zero-order chi connectivity index (χ0) is 15.1. The van der Waals surface area contributed by atoms with Crippen molar-refractivity contribution in [3.05, 3.63) is 0 Å². The number of hydrogen-bond acceptors (Lipinski definition) is 4. The molecule has 1 amide bonds. The van der Waals surface area contributed by atoms with Gasteiger partial charge in [0.25, 0.3) is 0 Å². The topological polar surface area (TPSA) is 61.6 Å². The van der Waals surface area contributed by atoms with Gasteiger partial charge in [-0.2, -0.15) is 0 Å². The van der Waals surface area contributed by atoms with Crippen LogP contribution in [0.3, 0.4) is 0 Å². The quantitative estimate of drug-likeness (QED) is 0.690. The average molecular weight is 296 g/mol. The Bertz CT molecular complexity index is 309. The summed E-state index contributed by atoms with van der Waals surface area (Å²) in [6.07, 6.45) is 6.30. The number of nitrogens with two attached hydrogens (primary N) is 1. The molecule has 0 spiro atoms. The smallest absolute Gasteiger partial charge is 0.235 e. The summed E-state index contributed by atoms with van der Waals surface area (Å²) in [4.78, 5) is 16.5. The number of carbonyl (C=O) groups excluding carboxylic acids is 1. The largest absolute Gasteiger partial charge is 0.368 e. The van der Waals surface area contributed by atoms with E-state index in [4.69, 9.17) is 5.73 Å². The van der Waals surface area contributed by atoms with Crippen molar-refractivity contribution in [1.29, 1.82) is 0 Å². The van der Waals surface area contributed by atoms with Crippen LogP contribution in [0.4, 0.5) is 0 Å². The minimum Gasteiger partial charge on any atom is -0.368 e. The SMILES string of the molecule is CCCNC(CN1CCC(CN2CCCC2)CC1)C(N)=O. The number of rotatable bonds is 8. The van der Waals surface area contributed by atoms with E-state index in [9.17, 15) is 4.79 Å². The van der Waals surface area contributed by atoms with Gasteiger partial charge in [-0.15, -0.1) is 0 Å². The van der Waals surface area contributed by atoms with Crippen molar-refractivity contribution in [3.8, 4) is 0 Å². The molecule has 2 fully saturated rings. The van der Waals surface area contributed by atoms with Crippen molar-refractivity contribution in [2.75, 3.05) is 45.8 Å². The van der Waals surface area contributed by atoms with Crippen LogP contribution in [-0.4, -0.2) is 67.6 Å². The molecule has 0 radical (unpaired) electrons. The summed E-state index contributed by atoms with van der Waals surface area (Å²) in [5.41, 5.74) is 5.50. The molecule has 5 heteroatoms. The first-order chi connectivity index (χ1) is 10.2. The van der Waals surface area contributed by atoms with E-state index in [1.54, 1.807) is 0 Å². The Labute approximate surface area is 129 Å². The molecule has 5 nitrogen and oxygen atoms in total. The van der Waals surface area contributed by atoms with Crippen LogP contribution in [0.2, 0.25) is 0 Å². The molecule has 0 aliphatic carbocycles. The zero-order valence-electron chi connectivity index (χ0n) is 13.5. The molecule has 1 unspecified atom stereocenters. The molecule has 2 heterocycles. The van der Waals surface area contributed by atoms with Crippen LogP contribution in [0.15, 0.2) is 0 Å². The molecule has 0 bridgehead atoms. The van der Waals surface area contributed by atoms with Crippen molar-refractivity contribution in [2.24, 2.45) is 11.7 Å². The van der Waals surface area contributed by atoms with Crippen molar-refractivity contribution in [2.45, 2.75) is 45.1 Å². The summed E-state index contributed by atoms with van der Waals surface area (Å²) in [5.74, 6) is 0.623. The molecule has 122 valence electrons. The lowest BCUT2D eigenvalue weighted by Gasteiger charge is -2.35. The molecule has 2 rings (SSSR count). The van der Waals surface area contributed by atoms with E-state index in [1.807, 2.05) is 0 Å². The number of carbonyl (C=O) groups is 1. The predicted molar refractivity (Wildman–Crippen MR) is 86.1 cm³/mol. The predicted octanol–water partition coefficient (Wildman–Crippen LogP) is 0.648. The number of likely N-dealkylation sites (tertiary alicyclic amines) is 2. The maximum absolute atomic E-state index is 11.5. The number of nitrogens with one attached hydrogen (secondary N) is 1. The van der Waals surface area contributed by atoms with Crippen LogP contribution in [0, 0.1) is 5.92 Å². The van der Waals surface area contributed by atoms with E-state index in [-0.39, 0.29) is 11.9 Å². The van der Waals surface area contributed by atoms with Crippen molar-refractivity contribution in [3.63, 3.8) is 0 Å². The summed E-state index contributed by atoms with van der Waals surface area (Å²) in [6, 6.07) is -0.194. The van der Waals surface area contributed by atoms with Crippen molar-refractivity contribution in [1.82, 2.24) is 15.1 Å². The second-order valence-electron chi connectivity index (χ2n) is 6.66. The first kappa shape index (κ1) is 16.7. The zero-order valence-corrected chi connectivity index (χ0v) is 13.5. The van der Waals surface area contributed by atoms with Gasteiger partial charge < -0.3 is 20.9 Å². The molecular formula is C16H32N4O. The first-order valence-corrected chi connectivity index (χ1v) is 8.66. The minimum absolute atomic E-state index is 0.194. The molecule has 0 saturated carbocycles. The molecule has 21 heavy (non-hydrogen) atoms. The normalized spacial score (nSPS) is 23.5. The molecule has 2 saturated heterocycles. The van der Waals surface area contributed by atoms with Gasteiger partial charge >= 0.3 is 0 Å². The Balaban J connectivity index is 1.68. The standard InChI is InChI=1S/C16H32N4O/c1-2-7-18-15(16(17)21)13-20-10-5-14(6-11-20)12-19-8-3-4-9-19/h14-15,18H,2-13H2,1H3,(H2,17,21). The van der Waals surface area contributed by atoms with Gasteiger partial charge in [0.2, 0.25) is 5.91 Å². The Morgan fingerprint density at radius 2 is 1.86 bits per heavy atom. The molecular weight excluding hydrogens is 264 g/mol. The fraction of sp³-hybridized carbons (Fsp3) is 0.938. The summed E-state index contributed by atoms with van der Waals surface area (Å²) in [6.45, 7) is 9.82.